The lowest BCUT2D eigenvalue weighted by Crippen LogP contribution is -2.60. The van der Waals surface area contributed by atoms with E-state index in [0.717, 1.165) is 51.4 Å². The fourth-order valence-electron chi connectivity index (χ4n) is 6.58. The van der Waals surface area contributed by atoms with Gasteiger partial charge in [-0.2, -0.15) is 0 Å². The maximum atomic E-state index is 13.0. The second kappa shape index (κ2) is 35.3. The van der Waals surface area contributed by atoms with Crippen LogP contribution in [0, 0.1) is 0 Å². The van der Waals surface area contributed by atoms with E-state index in [1.807, 2.05) is 6.08 Å². The minimum absolute atomic E-state index is 0.284. The van der Waals surface area contributed by atoms with Crippen LogP contribution in [0.3, 0.4) is 0 Å². The summed E-state index contributed by atoms with van der Waals surface area (Å²) in [4.78, 5) is 13.0. The highest BCUT2D eigenvalue weighted by Gasteiger charge is 2.44. The Labute approximate surface area is 334 Å². The van der Waals surface area contributed by atoms with Crippen molar-refractivity contribution in [2.45, 2.75) is 217 Å². The number of hydrogen-bond donors (Lipinski definition) is 7. The molecule has 1 aliphatic heterocycles. The summed E-state index contributed by atoms with van der Waals surface area (Å²) < 4.78 is 11.1. The van der Waals surface area contributed by atoms with Crippen LogP contribution in [0.15, 0.2) is 48.6 Å². The number of carbonyl (C=O) groups excluding carboxylic acids is 1. The Morgan fingerprint density at radius 1 is 0.636 bits per heavy atom. The van der Waals surface area contributed by atoms with E-state index in [-0.39, 0.29) is 13.0 Å². The van der Waals surface area contributed by atoms with Crippen molar-refractivity contribution in [3.8, 4) is 0 Å². The van der Waals surface area contributed by atoms with Gasteiger partial charge in [0.1, 0.15) is 30.5 Å². The quantitative estimate of drug-likeness (QED) is 0.0194. The average molecular weight is 780 g/mol. The topological polar surface area (TPSA) is 169 Å². The smallest absolute Gasteiger partial charge is 0.249 e. The molecular formula is C45H81NO9. The number of rotatable bonds is 35. The van der Waals surface area contributed by atoms with Crippen molar-refractivity contribution in [3.63, 3.8) is 0 Å². The Morgan fingerprint density at radius 3 is 1.73 bits per heavy atom. The molecule has 10 nitrogen and oxygen atoms in total. The van der Waals surface area contributed by atoms with Crippen LogP contribution in [0.1, 0.15) is 168 Å². The average Bonchev–Trinajstić information content (AvgIpc) is 3.18. The van der Waals surface area contributed by atoms with Crippen LogP contribution in [0.2, 0.25) is 0 Å². The van der Waals surface area contributed by atoms with E-state index < -0.39 is 61.5 Å². The Balaban J connectivity index is 2.50. The predicted molar refractivity (Wildman–Crippen MR) is 222 cm³/mol. The Morgan fingerprint density at radius 2 is 1.13 bits per heavy atom. The lowest BCUT2D eigenvalue weighted by Gasteiger charge is -2.40. The van der Waals surface area contributed by atoms with Crippen molar-refractivity contribution >= 4 is 5.91 Å². The largest absolute Gasteiger partial charge is 0.394 e. The highest BCUT2D eigenvalue weighted by Crippen LogP contribution is 2.22. The van der Waals surface area contributed by atoms with Gasteiger partial charge >= 0.3 is 0 Å². The van der Waals surface area contributed by atoms with Gasteiger partial charge in [0.2, 0.25) is 5.91 Å². The number of aliphatic hydroxyl groups is 6. The molecule has 10 heteroatoms. The summed E-state index contributed by atoms with van der Waals surface area (Å²) in [6, 6.07) is -1.00. The first-order chi connectivity index (χ1) is 26.8. The molecule has 1 amide bonds. The zero-order chi connectivity index (χ0) is 40.4. The van der Waals surface area contributed by atoms with Crippen molar-refractivity contribution in [1.82, 2.24) is 5.32 Å². The third kappa shape index (κ3) is 25.9. The van der Waals surface area contributed by atoms with Gasteiger partial charge in [0.05, 0.1) is 25.4 Å². The zero-order valence-corrected chi connectivity index (χ0v) is 34.5. The summed E-state index contributed by atoms with van der Waals surface area (Å²) in [5, 5.41) is 64.5. The first-order valence-corrected chi connectivity index (χ1v) is 22.0. The van der Waals surface area contributed by atoms with E-state index in [2.05, 4.69) is 55.6 Å². The maximum absolute atomic E-state index is 13.0. The number of amides is 1. The van der Waals surface area contributed by atoms with E-state index >= 15 is 0 Å². The molecule has 0 aromatic carbocycles. The SMILES string of the molecule is CCCCC/C=C\C=C/CCCCCCCC(O)C(=O)NC(COC1OC(CO)C(O)C(O)C1O)C(O)/C=C/CC/C=C/CCCCCCCCCCCC. The Kier molecular flexibility index (Phi) is 32.8. The molecule has 0 aromatic heterocycles. The molecule has 1 aliphatic rings. The van der Waals surface area contributed by atoms with Crippen LogP contribution in [-0.4, -0.2) is 98.7 Å². The molecule has 0 bridgehead atoms. The molecule has 55 heavy (non-hydrogen) atoms. The summed E-state index contributed by atoms with van der Waals surface area (Å²) in [7, 11) is 0. The minimum Gasteiger partial charge on any atom is -0.394 e. The van der Waals surface area contributed by atoms with Gasteiger partial charge in [-0.15, -0.1) is 0 Å². The van der Waals surface area contributed by atoms with Crippen molar-refractivity contribution in [2.24, 2.45) is 0 Å². The highest BCUT2D eigenvalue weighted by atomic mass is 16.7. The van der Waals surface area contributed by atoms with Crippen LogP contribution >= 0.6 is 0 Å². The lowest BCUT2D eigenvalue weighted by molar-refractivity contribution is -0.302. The number of allylic oxidation sites excluding steroid dienone is 7. The summed E-state index contributed by atoms with van der Waals surface area (Å²) in [5.74, 6) is -0.641. The first-order valence-electron chi connectivity index (χ1n) is 22.0. The number of unbranched alkanes of at least 4 members (excludes halogenated alkanes) is 19. The molecule has 0 aromatic rings. The fraction of sp³-hybridized carbons (Fsp3) is 0.800. The molecule has 0 saturated carbocycles. The van der Waals surface area contributed by atoms with Crippen molar-refractivity contribution in [2.75, 3.05) is 13.2 Å². The summed E-state index contributed by atoms with van der Waals surface area (Å²) in [6.07, 6.45) is 33.4. The molecule has 1 fully saturated rings. The summed E-state index contributed by atoms with van der Waals surface area (Å²) in [6.45, 7) is 3.53. The monoisotopic (exact) mass is 780 g/mol. The van der Waals surface area contributed by atoms with Crippen LogP contribution in [0.25, 0.3) is 0 Å². The Hall–Kier alpha value is -1.89. The van der Waals surface area contributed by atoms with E-state index in [0.29, 0.717) is 12.8 Å². The molecule has 7 N–H and O–H groups in total. The summed E-state index contributed by atoms with van der Waals surface area (Å²) in [5.41, 5.74) is 0. The van der Waals surface area contributed by atoms with Crippen molar-refractivity contribution < 1.29 is 44.9 Å². The molecule has 1 rings (SSSR count). The number of carbonyl (C=O) groups is 1. The van der Waals surface area contributed by atoms with Crippen LogP contribution in [0.4, 0.5) is 0 Å². The van der Waals surface area contributed by atoms with Gasteiger partial charge in [-0.05, 0) is 57.8 Å². The molecule has 1 heterocycles. The minimum atomic E-state index is -1.62. The third-order valence-electron chi connectivity index (χ3n) is 10.3. The van der Waals surface area contributed by atoms with E-state index in [4.69, 9.17) is 9.47 Å². The normalized spacial score (nSPS) is 22.4. The maximum Gasteiger partial charge on any atom is 0.249 e. The molecule has 0 radical (unpaired) electrons. The second-order valence-corrected chi connectivity index (χ2v) is 15.3. The zero-order valence-electron chi connectivity index (χ0n) is 34.5. The van der Waals surface area contributed by atoms with E-state index in [1.54, 1.807) is 6.08 Å². The van der Waals surface area contributed by atoms with Gasteiger partial charge in [0, 0.05) is 0 Å². The van der Waals surface area contributed by atoms with Gasteiger partial charge in [-0.25, -0.2) is 0 Å². The van der Waals surface area contributed by atoms with Crippen molar-refractivity contribution in [1.29, 1.82) is 0 Å². The number of hydrogen-bond acceptors (Lipinski definition) is 9. The molecule has 8 unspecified atom stereocenters. The van der Waals surface area contributed by atoms with E-state index in [1.165, 1.54) is 83.5 Å². The van der Waals surface area contributed by atoms with Gasteiger partial charge < -0.3 is 45.4 Å². The van der Waals surface area contributed by atoms with Gasteiger partial charge in [-0.1, -0.05) is 159 Å². The third-order valence-corrected chi connectivity index (χ3v) is 10.3. The molecule has 320 valence electrons. The van der Waals surface area contributed by atoms with Gasteiger partial charge in [0.25, 0.3) is 0 Å². The first kappa shape index (κ1) is 51.1. The second-order valence-electron chi connectivity index (χ2n) is 15.3. The predicted octanol–water partition coefficient (Wildman–Crippen LogP) is 7.64. The summed E-state index contributed by atoms with van der Waals surface area (Å²) >= 11 is 0. The lowest BCUT2D eigenvalue weighted by atomic mass is 9.99. The highest BCUT2D eigenvalue weighted by molar-refractivity contribution is 5.80. The Bertz CT molecular complexity index is 1020. The van der Waals surface area contributed by atoms with Crippen LogP contribution < -0.4 is 5.32 Å². The number of aliphatic hydroxyl groups excluding tert-OH is 6. The van der Waals surface area contributed by atoms with Crippen LogP contribution in [-0.2, 0) is 14.3 Å². The molecule has 1 saturated heterocycles. The van der Waals surface area contributed by atoms with E-state index in [9.17, 15) is 35.4 Å². The standard InChI is InChI=1S/C45H81NO9/c1-3-5-7-9-11-13-15-17-19-20-22-23-25-27-29-31-33-38(48)37(36-54-45-43(52)42(51)41(50)40(35-47)55-45)46-44(53)39(49)34-32-30-28-26-24-21-18-16-14-12-10-8-6-4-2/h12,14,16,18,23,25,31,33,37-43,45,47-52H,3-11,13,15,17,19-22,24,26-30,32,34-36H2,1-2H3,(H,46,53)/b14-12-,18-16-,25-23+,33-31+. The number of nitrogens with one attached hydrogen (secondary N) is 1. The van der Waals surface area contributed by atoms with Gasteiger partial charge in [0.15, 0.2) is 6.29 Å². The molecular weight excluding hydrogens is 698 g/mol. The van der Waals surface area contributed by atoms with Gasteiger partial charge in [-0.3, -0.25) is 4.79 Å². The molecule has 0 spiro atoms. The van der Waals surface area contributed by atoms with Crippen LogP contribution in [0.5, 0.6) is 0 Å². The molecule has 8 atom stereocenters. The number of ether oxygens (including phenoxy) is 2. The molecule has 0 aliphatic carbocycles. The van der Waals surface area contributed by atoms with Crippen molar-refractivity contribution in [3.05, 3.63) is 48.6 Å². The fourth-order valence-corrected chi connectivity index (χ4v) is 6.58.